The Kier molecular flexibility index (Phi) is 3.77. The van der Waals surface area contributed by atoms with Crippen LogP contribution >= 0.6 is 15.9 Å². The molecular weight excluding hydrogens is 334 g/mol. The molecule has 1 saturated heterocycles. The van der Waals surface area contributed by atoms with E-state index >= 15 is 0 Å². The largest absolute Gasteiger partial charge is 0.381 e. The van der Waals surface area contributed by atoms with Gasteiger partial charge in [-0.25, -0.2) is 9.97 Å². The Morgan fingerprint density at radius 1 is 1.14 bits per heavy atom. The van der Waals surface area contributed by atoms with Gasteiger partial charge in [-0.1, -0.05) is 12.8 Å². The third kappa shape index (κ3) is 2.71. The lowest BCUT2D eigenvalue weighted by atomic mass is 9.77. The van der Waals surface area contributed by atoms with E-state index in [2.05, 4.69) is 30.8 Å². The number of nitrogen functional groups attached to an aromatic ring is 1. The summed E-state index contributed by atoms with van der Waals surface area (Å²) in [4.78, 5) is 22.2. The SMILES string of the molecule is NC(=O)c1nc(Br)c(N)nc1N1CCC2(CCCC2)CC1. The third-order valence-corrected chi connectivity index (χ3v) is 5.46. The summed E-state index contributed by atoms with van der Waals surface area (Å²) in [6.45, 7) is 1.77. The molecule has 2 fully saturated rings. The van der Waals surface area contributed by atoms with Gasteiger partial charge in [0.25, 0.3) is 5.91 Å². The molecule has 6 nitrogen and oxygen atoms in total. The van der Waals surface area contributed by atoms with Gasteiger partial charge in [-0.05, 0) is 47.0 Å². The standard InChI is InChI=1S/C14H20BrN5O/c15-10-11(16)19-13(9(18-10)12(17)21)20-7-5-14(6-8-20)3-1-2-4-14/h1-8H2,(H2,16,19)(H2,17,21). The van der Waals surface area contributed by atoms with Crippen molar-refractivity contribution in [2.75, 3.05) is 23.7 Å². The van der Waals surface area contributed by atoms with Crippen LogP contribution in [-0.4, -0.2) is 29.0 Å². The summed E-state index contributed by atoms with van der Waals surface area (Å²) >= 11 is 3.20. The molecule has 1 saturated carbocycles. The molecule has 0 bridgehead atoms. The van der Waals surface area contributed by atoms with E-state index in [0.717, 1.165) is 25.9 Å². The first-order chi connectivity index (χ1) is 10.0. The fourth-order valence-electron chi connectivity index (χ4n) is 3.62. The molecule has 2 heterocycles. The summed E-state index contributed by atoms with van der Waals surface area (Å²) in [5.41, 5.74) is 11.9. The second kappa shape index (κ2) is 5.44. The van der Waals surface area contributed by atoms with E-state index in [0.29, 0.717) is 15.8 Å². The van der Waals surface area contributed by atoms with Crippen LogP contribution in [0.5, 0.6) is 0 Å². The average molecular weight is 354 g/mol. The molecule has 1 aromatic heterocycles. The second-order valence-corrected chi connectivity index (χ2v) is 6.88. The zero-order chi connectivity index (χ0) is 15.0. The van der Waals surface area contributed by atoms with Crippen molar-refractivity contribution in [3.63, 3.8) is 0 Å². The number of piperidine rings is 1. The number of halogens is 1. The van der Waals surface area contributed by atoms with E-state index in [-0.39, 0.29) is 11.5 Å². The Bertz CT molecular complexity index is 561. The monoisotopic (exact) mass is 353 g/mol. The number of hydrogen-bond donors (Lipinski definition) is 2. The van der Waals surface area contributed by atoms with Gasteiger partial charge >= 0.3 is 0 Å². The van der Waals surface area contributed by atoms with Crippen molar-refractivity contribution in [3.05, 3.63) is 10.3 Å². The Morgan fingerprint density at radius 3 is 2.33 bits per heavy atom. The molecule has 3 rings (SSSR count). The number of carbonyl (C=O) groups excluding carboxylic acids is 1. The summed E-state index contributed by atoms with van der Waals surface area (Å²) in [5, 5.41) is 0. The summed E-state index contributed by atoms with van der Waals surface area (Å²) in [6, 6.07) is 0. The van der Waals surface area contributed by atoms with E-state index in [9.17, 15) is 4.79 Å². The highest BCUT2D eigenvalue weighted by atomic mass is 79.9. The molecule has 1 amide bonds. The quantitative estimate of drug-likeness (QED) is 0.847. The fraction of sp³-hybridized carbons (Fsp3) is 0.643. The van der Waals surface area contributed by atoms with Crippen molar-refractivity contribution in [3.8, 4) is 0 Å². The molecule has 21 heavy (non-hydrogen) atoms. The lowest BCUT2D eigenvalue weighted by molar-refractivity contribution is 0.0995. The summed E-state index contributed by atoms with van der Waals surface area (Å²) in [5.74, 6) is 0.242. The maximum Gasteiger partial charge on any atom is 0.271 e. The Hall–Kier alpha value is -1.37. The molecule has 1 spiro atoms. The summed E-state index contributed by atoms with van der Waals surface area (Å²) in [7, 11) is 0. The topological polar surface area (TPSA) is 98.1 Å². The van der Waals surface area contributed by atoms with Gasteiger partial charge in [-0.2, -0.15) is 0 Å². The van der Waals surface area contributed by atoms with Crippen molar-refractivity contribution in [2.45, 2.75) is 38.5 Å². The maximum atomic E-state index is 11.6. The van der Waals surface area contributed by atoms with Gasteiger partial charge in [-0.3, -0.25) is 4.79 Å². The highest BCUT2D eigenvalue weighted by molar-refractivity contribution is 9.10. The predicted molar refractivity (Wildman–Crippen MR) is 85.0 cm³/mol. The van der Waals surface area contributed by atoms with Gasteiger partial charge in [-0.15, -0.1) is 0 Å². The zero-order valence-electron chi connectivity index (χ0n) is 11.9. The number of amides is 1. The van der Waals surface area contributed by atoms with E-state index in [4.69, 9.17) is 11.5 Å². The number of hydrogen-bond acceptors (Lipinski definition) is 5. The maximum absolute atomic E-state index is 11.6. The molecule has 0 aromatic carbocycles. The predicted octanol–water partition coefficient (Wildman–Crippen LogP) is 2.08. The number of carbonyl (C=O) groups is 1. The van der Waals surface area contributed by atoms with Crippen molar-refractivity contribution < 1.29 is 4.79 Å². The summed E-state index contributed by atoms with van der Waals surface area (Å²) in [6.07, 6.45) is 7.64. The molecule has 7 heteroatoms. The number of nitrogens with zero attached hydrogens (tertiary/aromatic N) is 3. The molecule has 2 aliphatic rings. The minimum Gasteiger partial charge on any atom is -0.381 e. The van der Waals surface area contributed by atoms with Gasteiger partial charge in [0.15, 0.2) is 17.3 Å². The number of anilines is 2. The number of primary amides is 1. The van der Waals surface area contributed by atoms with E-state index in [1.807, 2.05) is 0 Å². The van der Waals surface area contributed by atoms with Crippen molar-refractivity contribution in [2.24, 2.45) is 11.1 Å². The normalized spacial score (nSPS) is 20.9. The highest BCUT2D eigenvalue weighted by Gasteiger charge is 2.38. The Balaban J connectivity index is 1.84. The van der Waals surface area contributed by atoms with Crippen molar-refractivity contribution in [1.29, 1.82) is 0 Å². The van der Waals surface area contributed by atoms with Crippen LogP contribution in [0.1, 0.15) is 49.0 Å². The molecule has 114 valence electrons. The van der Waals surface area contributed by atoms with Crippen LogP contribution in [0.2, 0.25) is 0 Å². The van der Waals surface area contributed by atoms with Gasteiger partial charge in [0.2, 0.25) is 0 Å². The van der Waals surface area contributed by atoms with Crippen LogP contribution in [0.15, 0.2) is 4.60 Å². The molecule has 0 radical (unpaired) electrons. The Labute approximate surface area is 132 Å². The number of aromatic nitrogens is 2. The van der Waals surface area contributed by atoms with Crippen LogP contribution in [0.3, 0.4) is 0 Å². The number of rotatable bonds is 2. The molecular formula is C14H20BrN5O. The smallest absolute Gasteiger partial charge is 0.271 e. The molecule has 1 aliphatic heterocycles. The van der Waals surface area contributed by atoms with Gasteiger partial charge < -0.3 is 16.4 Å². The van der Waals surface area contributed by atoms with Gasteiger partial charge in [0.05, 0.1) is 0 Å². The van der Waals surface area contributed by atoms with Crippen LogP contribution in [0.4, 0.5) is 11.6 Å². The number of nitrogens with two attached hydrogens (primary N) is 2. The molecule has 4 N–H and O–H groups in total. The summed E-state index contributed by atoms with van der Waals surface area (Å²) < 4.78 is 0.365. The molecule has 0 unspecified atom stereocenters. The van der Waals surface area contributed by atoms with E-state index < -0.39 is 5.91 Å². The fourth-order valence-corrected chi connectivity index (χ4v) is 3.89. The molecule has 1 aliphatic carbocycles. The van der Waals surface area contributed by atoms with Crippen LogP contribution in [-0.2, 0) is 0 Å². The lowest BCUT2D eigenvalue weighted by Gasteiger charge is -2.40. The molecule has 0 atom stereocenters. The van der Waals surface area contributed by atoms with E-state index in [1.165, 1.54) is 25.7 Å². The van der Waals surface area contributed by atoms with Crippen LogP contribution in [0, 0.1) is 5.41 Å². The van der Waals surface area contributed by atoms with Gasteiger partial charge in [0, 0.05) is 13.1 Å². The lowest BCUT2D eigenvalue weighted by Crippen LogP contribution is -2.40. The minimum atomic E-state index is -0.570. The first kappa shape index (κ1) is 14.6. The van der Waals surface area contributed by atoms with E-state index in [1.54, 1.807) is 0 Å². The van der Waals surface area contributed by atoms with Crippen LogP contribution in [0.25, 0.3) is 0 Å². The Morgan fingerprint density at radius 2 is 1.76 bits per heavy atom. The van der Waals surface area contributed by atoms with Crippen LogP contribution < -0.4 is 16.4 Å². The molecule has 1 aromatic rings. The average Bonchev–Trinajstić information content (AvgIpc) is 2.90. The first-order valence-corrected chi connectivity index (χ1v) is 8.18. The first-order valence-electron chi connectivity index (χ1n) is 7.39. The third-order valence-electron chi connectivity index (χ3n) is 4.88. The highest BCUT2D eigenvalue weighted by Crippen LogP contribution is 2.46. The minimum absolute atomic E-state index is 0.193. The zero-order valence-corrected chi connectivity index (χ0v) is 13.5. The second-order valence-electron chi connectivity index (χ2n) is 6.13. The van der Waals surface area contributed by atoms with Gasteiger partial charge in [0.1, 0.15) is 4.60 Å². The van der Waals surface area contributed by atoms with Crippen molar-refractivity contribution >= 4 is 33.5 Å². The van der Waals surface area contributed by atoms with Crippen molar-refractivity contribution in [1.82, 2.24) is 9.97 Å².